The van der Waals surface area contributed by atoms with Crippen molar-refractivity contribution in [3.05, 3.63) is 52.3 Å². The molecule has 2 aromatic carbocycles. The zero-order valence-electron chi connectivity index (χ0n) is 9.65. The van der Waals surface area contributed by atoms with E-state index in [1.807, 2.05) is 0 Å². The molecule has 0 spiro atoms. The minimum absolute atomic E-state index is 0.0521. The van der Waals surface area contributed by atoms with E-state index in [0.29, 0.717) is 10.2 Å². The topological polar surface area (TPSA) is 75.4 Å². The zero-order valence-corrected chi connectivity index (χ0v) is 11.2. The second kappa shape index (κ2) is 5.27. The molecular formula is C13H10BrFN2O2. The van der Waals surface area contributed by atoms with Crippen molar-refractivity contribution in [3.8, 4) is 5.75 Å². The molecule has 0 aliphatic carbocycles. The number of phenols is 1. The number of amides is 1. The van der Waals surface area contributed by atoms with E-state index in [1.165, 1.54) is 30.3 Å². The molecule has 6 heteroatoms. The molecule has 0 aliphatic heterocycles. The number of para-hydroxylation sites is 1. The number of carbonyl (C=O) groups is 1. The van der Waals surface area contributed by atoms with Crippen LogP contribution in [0.4, 0.5) is 15.8 Å². The number of hydrogen-bond acceptors (Lipinski definition) is 3. The largest absolute Gasteiger partial charge is 0.505 e. The number of nitrogens with one attached hydrogen (secondary N) is 1. The molecule has 2 aromatic rings. The second-order valence-electron chi connectivity index (χ2n) is 3.82. The van der Waals surface area contributed by atoms with Crippen LogP contribution < -0.4 is 11.1 Å². The Morgan fingerprint density at radius 3 is 2.74 bits per heavy atom. The first kappa shape index (κ1) is 13.4. The lowest BCUT2D eigenvalue weighted by Crippen LogP contribution is -2.13. The van der Waals surface area contributed by atoms with Crippen molar-refractivity contribution in [2.45, 2.75) is 0 Å². The number of nitrogen functional groups attached to an aromatic ring is 1. The van der Waals surface area contributed by atoms with Crippen LogP contribution >= 0.6 is 15.9 Å². The molecule has 4 N–H and O–H groups in total. The molecule has 0 heterocycles. The minimum Gasteiger partial charge on any atom is -0.505 e. The van der Waals surface area contributed by atoms with Gasteiger partial charge in [-0.05, 0) is 46.3 Å². The maximum Gasteiger partial charge on any atom is 0.259 e. The molecule has 4 nitrogen and oxygen atoms in total. The lowest BCUT2D eigenvalue weighted by molar-refractivity contribution is 0.102. The van der Waals surface area contributed by atoms with Crippen LogP contribution in [-0.4, -0.2) is 11.0 Å². The SMILES string of the molecule is Nc1cccc(C(=O)Nc2ccc(F)cc2Br)c1O. The van der Waals surface area contributed by atoms with Crippen LogP contribution in [0.15, 0.2) is 40.9 Å². The molecular weight excluding hydrogens is 315 g/mol. The Morgan fingerprint density at radius 1 is 1.32 bits per heavy atom. The Labute approximate surface area is 117 Å². The van der Waals surface area contributed by atoms with Crippen molar-refractivity contribution in [1.82, 2.24) is 0 Å². The fourth-order valence-electron chi connectivity index (χ4n) is 1.53. The van der Waals surface area contributed by atoms with Gasteiger partial charge in [-0.2, -0.15) is 0 Å². The molecule has 1 amide bonds. The summed E-state index contributed by atoms with van der Waals surface area (Å²) in [6.45, 7) is 0. The van der Waals surface area contributed by atoms with Gasteiger partial charge in [-0.3, -0.25) is 4.79 Å². The van der Waals surface area contributed by atoms with Gasteiger partial charge in [-0.1, -0.05) is 6.07 Å². The maximum absolute atomic E-state index is 12.9. The van der Waals surface area contributed by atoms with E-state index in [1.54, 1.807) is 6.07 Å². The van der Waals surface area contributed by atoms with Crippen molar-refractivity contribution in [2.75, 3.05) is 11.1 Å². The molecule has 0 fully saturated rings. The summed E-state index contributed by atoms with van der Waals surface area (Å²) in [7, 11) is 0. The van der Waals surface area contributed by atoms with Crippen molar-refractivity contribution in [1.29, 1.82) is 0 Å². The Kier molecular flexibility index (Phi) is 3.71. The van der Waals surface area contributed by atoms with Gasteiger partial charge in [0.2, 0.25) is 0 Å². The molecule has 0 atom stereocenters. The molecule has 0 aromatic heterocycles. The van der Waals surface area contributed by atoms with Crippen LogP contribution in [0.25, 0.3) is 0 Å². The van der Waals surface area contributed by atoms with Crippen LogP contribution in [-0.2, 0) is 0 Å². The number of rotatable bonds is 2. The molecule has 0 unspecified atom stereocenters. The van der Waals surface area contributed by atoms with Crippen LogP contribution in [0, 0.1) is 5.82 Å². The number of hydrogen-bond donors (Lipinski definition) is 3. The number of nitrogens with two attached hydrogens (primary N) is 1. The van der Waals surface area contributed by atoms with E-state index < -0.39 is 11.7 Å². The smallest absolute Gasteiger partial charge is 0.259 e. The normalized spacial score (nSPS) is 10.2. The number of benzene rings is 2. The summed E-state index contributed by atoms with van der Waals surface area (Å²) in [5, 5.41) is 12.3. The Balaban J connectivity index is 2.28. The third kappa shape index (κ3) is 2.85. The third-order valence-corrected chi connectivity index (χ3v) is 3.15. The van der Waals surface area contributed by atoms with Crippen molar-refractivity contribution >= 4 is 33.2 Å². The van der Waals surface area contributed by atoms with Gasteiger partial charge in [0.1, 0.15) is 5.82 Å². The molecule has 0 saturated carbocycles. The highest BCUT2D eigenvalue weighted by molar-refractivity contribution is 9.10. The van der Waals surface area contributed by atoms with Gasteiger partial charge in [0.05, 0.1) is 16.9 Å². The molecule has 98 valence electrons. The predicted molar refractivity (Wildman–Crippen MR) is 74.6 cm³/mol. The van der Waals surface area contributed by atoms with Crippen LogP contribution in [0.5, 0.6) is 5.75 Å². The van der Waals surface area contributed by atoms with E-state index >= 15 is 0 Å². The zero-order chi connectivity index (χ0) is 14.0. The number of aromatic hydroxyl groups is 1. The summed E-state index contributed by atoms with van der Waals surface area (Å²) < 4.78 is 13.3. The van der Waals surface area contributed by atoms with Crippen LogP contribution in [0.1, 0.15) is 10.4 Å². The highest BCUT2D eigenvalue weighted by atomic mass is 79.9. The first-order valence-corrected chi connectivity index (χ1v) is 6.12. The monoisotopic (exact) mass is 324 g/mol. The molecule has 0 bridgehead atoms. The number of halogens is 2. The first-order chi connectivity index (χ1) is 8.99. The van der Waals surface area contributed by atoms with Crippen LogP contribution in [0.2, 0.25) is 0 Å². The fraction of sp³-hybridized carbons (Fsp3) is 0. The van der Waals surface area contributed by atoms with Gasteiger partial charge in [-0.15, -0.1) is 0 Å². The van der Waals surface area contributed by atoms with E-state index in [9.17, 15) is 14.3 Å². The fourth-order valence-corrected chi connectivity index (χ4v) is 1.98. The van der Waals surface area contributed by atoms with Crippen molar-refractivity contribution in [2.24, 2.45) is 0 Å². The third-order valence-electron chi connectivity index (χ3n) is 2.49. The summed E-state index contributed by atoms with van der Waals surface area (Å²) in [6.07, 6.45) is 0. The average molecular weight is 325 g/mol. The summed E-state index contributed by atoms with van der Waals surface area (Å²) in [5.41, 5.74) is 6.08. The molecule has 0 saturated heterocycles. The van der Waals surface area contributed by atoms with Gasteiger partial charge in [-0.25, -0.2) is 4.39 Å². The van der Waals surface area contributed by atoms with Crippen molar-refractivity contribution < 1.29 is 14.3 Å². The average Bonchev–Trinajstić information content (AvgIpc) is 2.36. The minimum atomic E-state index is -0.530. The lowest BCUT2D eigenvalue weighted by Gasteiger charge is -2.09. The summed E-state index contributed by atoms with van der Waals surface area (Å²) in [6, 6.07) is 8.36. The van der Waals surface area contributed by atoms with Gasteiger partial charge in [0, 0.05) is 4.47 Å². The van der Waals surface area contributed by atoms with Gasteiger partial charge >= 0.3 is 0 Å². The summed E-state index contributed by atoms with van der Waals surface area (Å²) in [4.78, 5) is 12.0. The first-order valence-electron chi connectivity index (χ1n) is 5.33. The second-order valence-corrected chi connectivity index (χ2v) is 4.68. The quantitative estimate of drug-likeness (QED) is 0.586. The van der Waals surface area contributed by atoms with Gasteiger partial charge in [0.25, 0.3) is 5.91 Å². The summed E-state index contributed by atoms with van der Waals surface area (Å²) >= 11 is 3.14. The Hall–Kier alpha value is -2.08. The molecule has 0 aliphatic rings. The standard InChI is InChI=1S/C13H10BrFN2O2/c14-9-6-7(15)4-5-11(9)17-13(19)8-2-1-3-10(16)12(8)18/h1-6,18H,16H2,(H,17,19). The predicted octanol–water partition coefficient (Wildman–Crippen LogP) is 3.13. The Bertz CT molecular complexity index is 647. The molecule has 0 radical (unpaired) electrons. The van der Waals surface area contributed by atoms with E-state index in [0.717, 1.165) is 0 Å². The van der Waals surface area contributed by atoms with Crippen molar-refractivity contribution in [3.63, 3.8) is 0 Å². The highest BCUT2D eigenvalue weighted by Crippen LogP contribution is 2.27. The van der Waals surface area contributed by atoms with Crippen LogP contribution in [0.3, 0.4) is 0 Å². The van der Waals surface area contributed by atoms with E-state index in [4.69, 9.17) is 5.73 Å². The number of carbonyl (C=O) groups excluding carboxylic acids is 1. The summed E-state index contributed by atoms with van der Waals surface area (Å²) in [5.74, 6) is -1.23. The van der Waals surface area contributed by atoms with E-state index in [-0.39, 0.29) is 17.0 Å². The Morgan fingerprint density at radius 2 is 2.05 bits per heavy atom. The molecule has 2 rings (SSSR count). The van der Waals surface area contributed by atoms with Gasteiger partial charge < -0.3 is 16.2 Å². The number of anilines is 2. The molecule has 19 heavy (non-hydrogen) atoms. The van der Waals surface area contributed by atoms with Gasteiger partial charge in [0.15, 0.2) is 5.75 Å². The van der Waals surface area contributed by atoms with E-state index in [2.05, 4.69) is 21.2 Å². The lowest BCUT2D eigenvalue weighted by atomic mass is 10.1. The number of phenolic OH excluding ortho intramolecular Hbond substituents is 1. The highest BCUT2D eigenvalue weighted by Gasteiger charge is 2.14. The maximum atomic E-state index is 12.9.